The van der Waals surface area contributed by atoms with Gasteiger partial charge in [-0.05, 0) is 37.8 Å². The van der Waals surface area contributed by atoms with Crippen LogP contribution in [0.25, 0.3) is 0 Å². The number of carboxylic acid groups (broad SMARTS) is 1. The van der Waals surface area contributed by atoms with Crippen molar-refractivity contribution >= 4 is 17.8 Å². The lowest BCUT2D eigenvalue weighted by atomic mass is 9.92. The number of rotatable bonds is 6. The molecule has 1 N–H and O–H groups in total. The zero-order chi connectivity index (χ0) is 19.9. The molecule has 0 bridgehead atoms. The molecule has 0 spiro atoms. The second kappa shape index (κ2) is 9.57. The number of aliphatic carboxylic acids is 1. The molecule has 0 aliphatic carbocycles. The van der Waals surface area contributed by atoms with Crippen molar-refractivity contribution < 1.29 is 24.2 Å². The summed E-state index contributed by atoms with van der Waals surface area (Å²) in [6, 6.07) is 9.41. The zero-order valence-corrected chi connectivity index (χ0v) is 16.1. The predicted molar refractivity (Wildman–Crippen MR) is 103 cm³/mol. The largest absolute Gasteiger partial charge is 0.493 e. The number of carbonyl (C=O) groups excluding carboxylic acids is 2. The number of hydrogen-bond donors (Lipinski definition) is 1. The van der Waals surface area contributed by atoms with E-state index in [4.69, 9.17) is 4.74 Å². The normalized spacial score (nSPS) is 20.6. The van der Waals surface area contributed by atoms with Gasteiger partial charge in [0.2, 0.25) is 11.8 Å². The van der Waals surface area contributed by atoms with E-state index in [1.165, 1.54) is 0 Å². The van der Waals surface area contributed by atoms with Gasteiger partial charge in [0.15, 0.2) is 0 Å². The average Bonchev–Trinajstić information content (AvgIpc) is 2.74. The second-order valence-corrected chi connectivity index (χ2v) is 7.53. The van der Waals surface area contributed by atoms with Gasteiger partial charge in [0.25, 0.3) is 0 Å². The number of amides is 2. The Morgan fingerprint density at radius 3 is 2.36 bits per heavy atom. The van der Waals surface area contributed by atoms with Crippen LogP contribution in [-0.2, 0) is 14.4 Å². The molecule has 2 amide bonds. The van der Waals surface area contributed by atoms with E-state index in [0.29, 0.717) is 58.5 Å². The molecule has 2 heterocycles. The molecular formula is C21H28N2O5. The summed E-state index contributed by atoms with van der Waals surface area (Å²) in [4.78, 5) is 39.8. The van der Waals surface area contributed by atoms with Crippen molar-refractivity contribution in [2.45, 2.75) is 32.1 Å². The van der Waals surface area contributed by atoms with Gasteiger partial charge in [-0.1, -0.05) is 18.2 Å². The summed E-state index contributed by atoms with van der Waals surface area (Å²) in [5.74, 6) is -0.547. The summed E-state index contributed by atoms with van der Waals surface area (Å²) in [6.07, 6.45) is 2.97. The summed E-state index contributed by atoms with van der Waals surface area (Å²) < 4.78 is 5.58. The summed E-state index contributed by atoms with van der Waals surface area (Å²) in [5, 5.41) is 9.20. The number of nitrogens with zero attached hydrogens (tertiary/aromatic N) is 2. The fourth-order valence-electron chi connectivity index (χ4n) is 3.94. The van der Waals surface area contributed by atoms with Gasteiger partial charge in [0.1, 0.15) is 5.75 Å². The number of hydrogen-bond acceptors (Lipinski definition) is 4. The highest BCUT2D eigenvalue weighted by Gasteiger charge is 2.34. The van der Waals surface area contributed by atoms with E-state index in [2.05, 4.69) is 0 Å². The Bertz CT molecular complexity index is 685. The maximum absolute atomic E-state index is 12.7. The van der Waals surface area contributed by atoms with E-state index in [1.807, 2.05) is 30.3 Å². The first-order chi connectivity index (χ1) is 13.5. The number of piperidine rings is 2. The van der Waals surface area contributed by atoms with Crippen molar-refractivity contribution in [2.24, 2.45) is 11.8 Å². The van der Waals surface area contributed by atoms with E-state index in [-0.39, 0.29) is 17.7 Å². The number of likely N-dealkylation sites (tertiary alicyclic amines) is 2. The van der Waals surface area contributed by atoms with Gasteiger partial charge < -0.3 is 19.6 Å². The van der Waals surface area contributed by atoms with Crippen LogP contribution in [0.2, 0.25) is 0 Å². The minimum atomic E-state index is -0.823. The molecule has 1 atom stereocenters. The SMILES string of the molecule is O=C(O)C1CCCN(C(=O)C2CCN(C(=O)CCOc3ccccc3)CC2)C1. The summed E-state index contributed by atoms with van der Waals surface area (Å²) in [5.41, 5.74) is 0. The van der Waals surface area contributed by atoms with Gasteiger partial charge in [0.05, 0.1) is 18.9 Å². The van der Waals surface area contributed by atoms with Crippen LogP contribution in [-0.4, -0.2) is 65.5 Å². The van der Waals surface area contributed by atoms with Gasteiger partial charge in [0, 0.05) is 32.1 Å². The number of carbonyl (C=O) groups is 3. The summed E-state index contributed by atoms with van der Waals surface area (Å²) in [7, 11) is 0. The number of carboxylic acids is 1. The van der Waals surface area contributed by atoms with E-state index in [1.54, 1.807) is 9.80 Å². The molecule has 1 unspecified atom stereocenters. The average molecular weight is 388 g/mol. The first-order valence-electron chi connectivity index (χ1n) is 10.0. The third-order valence-electron chi connectivity index (χ3n) is 5.61. The third-order valence-corrected chi connectivity index (χ3v) is 5.61. The molecule has 0 aromatic heterocycles. The first-order valence-corrected chi connectivity index (χ1v) is 10.0. The number of ether oxygens (including phenoxy) is 1. The Balaban J connectivity index is 1.40. The molecular weight excluding hydrogens is 360 g/mol. The Morgan fingerprint density at radius 1 is 0.964 bits per heavy atom. The molecule has 0 radical (unpaired) electrons. The molecule has 2 aliphatic rings. The van der Waals surface area contributed by atoms with Crippen LogP contribution in [0.4, 0.5) is 0 Å². The van der Waals surface area contributed by atoms with Crippen LogP contribution >= 0.6 is 0 Å². The summed E-state index contributed by atoms with van der Waals surface area (Å²) >= 11 is 0. The van der Waals surface area contributed by atoms with Crippen molar-refractivity contribution in [1.82, 2.24) is 9.80 Å². The monoisotopic (exact) mass is 388 g/mol. The Morgan fingerprint density at radius 2 is 1.68 bits per heavy atom. The minimum Gasteiger partial charge on any atom is -0.493 e. The Hall–Kier alpha value is -2.57. The van der Waals surface area contributed by atoms with Crippen LogP contribution in [0.3, 0.4) is 0 Å². The third kappa shape index (κ3) is 5.24. The lowest BCUT2D eigenvalue weighted by Crippen LogP contribution is -2.48. The van der Waals surface area contributed by atoms with Crippen LogP contribution in [0.1, 0.15) is 32.1 Å². The quantitative estimate of drug-likeness (QED) is 0.806. The lowest BCUT2D eigenvalue weighted by molar-refractivity contribution is -0.148. The van der Waals surface area contributed by atoms with E-state index >= 15 is 0 Å². The van der Waals surface area contributed by atoms with Crippen molar-refractivity contribution in [1.29, 1.82) is 0 Å². The van der Waals surface area contributed by atoms with E-state index in [9.17, 15) is 19.5 Å². The maximum Gasteiger partial charge on any atom is 0.308 e. The molecule has 7 nitrogen and oxygen atoms in total. The molecule has 7 heteroatoms. The number of benzene rings is 1. The lowest BCUT2D eigenvalue weighted by Gasteiger charge is -2.37. The first kappa shape index (κ1) is 20.2. The van der Waals surface area contributed by atoms with Gasteiger partial charge in [-0.15, -0.1) is 0 Å². The molecule has 152 valence electrons. The van der Waals surface area contributed by atoms with Gasteiger partial charge in [-0.25, -0.2) is 0 Å². The topological polar surface area (TPSA) is 87.2 Å². The standard InChI is InChI=1S/C21H28N2O5/c24-19(10-14-28-18-6-2-1-3-7-18)22-12-8-16(9-13-22)20(25)23-11-4-5-17(15-23)21(26)27/h1-3,6-7,16-17H,4-5,8-15H2,(H,26,27). The van der Waals surface area contributed by atoms with Crippen LogP contribution in [0.15, 0.2) is 30.3 Å². The van der Waals surface area contributed by atoms with Crippen LogP contribution < -0.4 is 4.74 Å². The van der Waals surface area contributed by atoms with E-state index in [0.717, 1.165) is 12.2 Å². The number of para-hydroxylation sites is 1. The molecule has 2 fully saturated rings. The predicted octanol–water partition coefficient (Wildman–Crippen LogP) is 2.02. The molecule has 3 rings (SSSR count). The highest BCUT2D eigenvalue weighted by Crippen LogP contribution is 2.24. The van der Waals surface area contributed by atoms with Crippen molar-refractivity contribution in [2.75, 3.05) is 32.8 Å². The zero-order valence-electron chi connectivity index (χ0n) is 16.1. The molecule has 1 aromatic carbocycles. The molecule has 2 aliphatic heterocycles. The van der Waals surface area contributed by atoms with Crippen molar-refractivity contribution in [3.8, 4) is 5.75 Å². The molecule has 0 saturated carbocycles. The van der Waals surface area contributed by atoms with Gasteiger partial charge in [-0.2, -0.15) is 0 Å². The Kier molecular flexibility index (Phi) is 6.90. The smallest absolute Gasteiger partial charge is 0.308 e. The molecule has 2 saturated heterocycles. The second-order valence-electron chi connectivity index (χ2n) is 7.53. The van der Waals surface area contributed by atoms with Crippen molar-refractivity contribution in [3.05, 3.63) is 30.3 Å². The summed E-state index contributed by atoms with van der Waals surface area (Å²) in [6.45, 7) is 2.42. The van der Waals surface area contributed by atoms with Crippen molar-refractivity contribution in [3.63, 3.8) is 0 Å². The van der Waals surface area contributed by atoms with Crippen LogP contribution in [0, 0.1) is 11.8 Å². The fraction of sp³-hybridized carbons (Fsp3) is 0.571. The molecule has 28 heavy (non-hydrogen) atoms. The molecule has 1 aromatic rings. The highest BCUT2D eigenvalue weighted by atomic mass is 16.5. The fourth-order valence-corrected chi connectivity index (χ4v) is 3.94. The van der Waals surface area contributed by atoms with Gasteiger partial charge >= 0.3 is 5.97 Å². The minimum absolute atomic E-state index is 0.0467. The van der Waals surface area contributed by atoms with E-state index < -0.39 is 11.9 Å². The Labute approximate surface area is 165 Å². The van der Waals surface area contributed by atoms with Gasteiger partial charge in [-0.3, -0.25) is 14.4 Å². The van der Waals surface area contributed by atoms with Crippen LogP contribution in [0.5, 0.6) is 5.75 Å². The maximum atomic E-state index is 12.7. The highest BCUT2D eigenvalue weighted by molar-refractivity contribution is 5.81.